The molecule has 24 heavy (non-hydrogen) atoms. The highest BCUT2D eigenvalue weighted by Gasteiger charge is 2.13. The molecule has 0 aliphatic heterocycles. The van der Waals surface area contributed by atoms with Gasteiger partial charge in [0, 0.05) is 40.5 Å². The summed E-state index contributed by atoms with van der Waals surface area (Å²) in [5, 5.41) is 7.99. The van der Waals surface area contributed by atoms with Gasteiger partial charge < -0.3 is 5.32 Å². The number of hydrogen-bond acceptors (Lipinski definition) is 4. The lowest BCUT2D eigenvalue weighted by Gasteiger charge is -2.14. The third-order valence-corrected chi connectivity index (χ3v) is 4.96. The number of hydrogen-bond donors (Lipinski definition) is 1. The number of fused-ring (bicyclic) bond motifs is 1. The van der Waals surface area contributed by atoms with Crippen LogP contribution < -0.4 is 5.32 Å². The number of aryl methyl sites for hydroxylation is 1. The molecule has 0 aliphatic carbocycles. The zero-order chi connectivity index (χ0) is 16.4. The molecule has 0 spiro atoms. The van der Waals surface area contributed by atoms with Crippen LogP contribution in [0.5, 0.6) is 0 Å². The number of aromatic nitrogens is 2. The van der Waals surface area contributed by atoms with Gasteiger partial charge in [-0.25, -0.2) is 4.98 Å². The van der Waals surface area contributed by atoms with E-state index in [1.807, 2.05) is 24.5 Å². The molecule has 0 aliphatic rings. The molecule has 0 atom stereocenters. The predicted molar refractivity (Wildman–Crippen MR) is 101 cm³/mol. The largest absolute Gasteiger partial charge is 0.365 e. The fourth-order valence-electron chi connectivity index (χ4n) is 2.94. The second-order valence-corrected chi connectivity index (χ2v) is 6.60. The minimum absolute atomic E-state index is 0.733. The lowest BCUT2D eigenvalue weighted by Crippen LogP contribution is -2.04. The Labute approximate surface area is 145 Å². The first-order valence-corrected chi connectivity index (χ1v) is 8.77. The summed E-state index contributed by atoms with van der Waals surface area (Å²) in [7, 11) is 0. The number of nitrogens with zero attached hydrogens (tertiary/aromatic N) is 2. The molecule has 0 fully saturated rings. The number of rotatable bonds is 4. The number of benzene rings is 1. The van der Waals surface area contributed by atoms with Crippen LogP contribution in [0.4, 0.5) is 5.82 Å². The van der Waals surface area contributed by atoms with Crippen LogP contribution in [0.15, 0.2) is 66.3 Å². The molecule has 1 aromatic carbocycles. The first-order chi connectivity index (χ1) is 11.8. The molecule has 0 radical (unpaired) electrons. The third-order valence-electron chi connectivity index (χ3n) is 4.07. The second kappa shape index (κ2) is 6.42. The summed E-state index contributed by atoms with van der Waals surface area (Å²) in [6.45, 7) is 2.82. The molecule has 4 rings (SSSR count). The molecule has 4 aromatic rings. The summed E-state index contributed by atoms with van der Waals surface area (Å²) < 4.78 is 0. The summed E-state index contributed by atoms with van der Waals surface area (Å²) in [5.41, 5.74) is 3.47. The molecule has 0 saturated heterocycles. The third kappa shape index (κ3) is 2.76. The van der Waals surface area contributed by atoms with E-state index in [2.05, 4.69) is 59.0 Å². The van der Waals surface area contributed by atoms with Gasteiger partial charge in [-0.15, -0.1) is 11.3 Å². The van der Waals surface area contributed by atoms with Gasteiger partial charge in [0.1, 0.15) is 5.82 Å². The van der Waals surface area contributed by atoms with E-state index < -0.39 is 0 Å². The minimum atomic E-state index is 0.733. The van der Waals surface area contributed by atoms with E-state index in [0.717, 1.165) is 23.4 Å². The Morgan fingerprint density at radius 3 is 2.50 bits per heavy atom. The van der Waals surface area contributed by atoms with E-state index in [1.165, 1.54) is 21.4 Å². The number of anilines is 1. The topological polar surface area (TPSA) is 37.8 Å². The lowest BCUT2D eigenvalue weighted by atomic mass is 10.0. The maximum Gasteiger partial charge on any atom is 0.134 e. The fourth-order valence-corrected chi connectivity index (χ4v) is 3.78. The van der Waals surface area contributed by atoms with Gasteiger partial charge >= 0.3 is 0 Å². The van der Waals surface area contributed by atoms with Gasteiger partial charge in [-0.2, -0.15) is 0 Å². The Balaban J connectivity index is 1.79. The maximum absolute atomic E-state index is 4.85. The number of pyridine rings is 2. The molecule has 4 heteroatoms. The van der Waals surface area contributed by atoms with Crippen LogP contribution in [-0.2, 0) is 6.54 Å². The fraction of sp³-hybridized carbons (Fsp3) is 0.100. The number of nitrogens with one attached hydrogen (secondary N) is 1. The van der Waals surface area contributed by atoms with Crippen molar-refractivity contribution in [2.75, 3.05) is 5.32 Å². The smallest absolute Gasteiger partial charge is 0.134 e. The molecule has 3 nitrogen and oxygen atoms in total. The van der Waals surface area contributed by atoms with Gasteiger partial charge in [0.25, 0.3) is 0 Å². The van der Waals surface area contributed by atoms with E-state index in [9.17, 15) is 0 Å². The summed E-state index contributed by atoms with van der Waals surface area (Å²) in [6.07, 6.45) is 3.63. The first-order valence-electron chi connectivity index (χ1n) is 7.89. The Morgan fingerprint density at radius 1 is 0.958 bits per heavy atom. The van der Waals surface area contributed by atoms with Gasteiger partial charge in [-0.3, -0.25) is 4.98 Å². The van der Waals surface area contributed by atoms with Crippen LogP contribution in [0.3, 0.4) is 0 Å². The molecule has 3 aromatic heterocycles. The average Bonchev–Trinajstić information content (AvgIpc) is 3.14. The zero-order valence-electron chi connectivity index (χ0n) is 13.4. The summed E-state index contributed by atoms with van der Waals surface area (Å²) in [6, 6.07) is 16.7. The number of thiophene rings is 1. The molecule has 118 valence electrons. The normalized spacial score (nSPS) is 10.9. The molecule has 0 bridgehead atoms. The van der Waals surface area contributed by atoms with E-state index in [-0.39, 0.29) is 0 Å². The Kier molecular flexibility index (Phi) is 3.97. The average molecular weight is 331 g/mol. The van der Waals surface area contributed by atoms with Crippen molar-refractivity contribution >= 4 is 27.9 Å². The standard InChI is InChI=1S/C20H17N3S/c1-14-19(18-7-4-12-24-18)16-5-2-3-6-17(16)20(23-14)22-13-15-8-10-21-11-9-15/h2-12H,13H2,1H3,(H,22,23). The molecule has 0 amide bonds. The lowest BCUT2D eigenvalue weighted by molar-refractivity contribution is 1.09. The van der Waals surface area contributed by atoms with Crippen LogP contribution in [0.25, 0.3) is 21.2 Å². The molecular weight excluding hydrogens is 314 g/mol. The van der Waals surface area contributed by atoms with Crippen LogP contribution in [-0.4, -0.2) is 9.97 Å². The minimum Gasteiger partial charge on any atom is -0.365 e. The SMILES string of the molecule is Cc1nc(NCc2ccncc2)c2ccccc2c1-c1cccs1. The zero-order valence-corrected chi connectivity index (χ0v) is 14.2. The van der Waals surface area contributed by atoms with Gasteiger partial charge in [0.2, 0.25) is 0 Å². The summed E-state index contributed by atoms with van der Waals surface area (Å²) in [5.74, 6) is 0.931. The van der Waals surface area contributed by atoms with Crippen LogP contribution >= 0.6 is 11.3 Å². The second-order valence-electron chi connectivity index (χ2n) is 5.65. The van der Waals surface area contributed by atoms with Crippen molar-refractivity contribution in [3.8, 4) is 10.4 Å². The van der Waals surface area contributed by atoms with Gasteiger partial charge in [0.15, 0.2) is 0 Å². The highest BCUT2D eigenvalue weighted by molar-refractivity contribution is 7.13. The quantitative estimate of drug-likeness (QED) is 0.553. The summed E-state index contributed by atoms with van der Waals surface area (Å²) >= 11 is 1.75. The van der Waals surface area contributed by atoms with E-state index in [0.29, 0.717) is 0 Å². The van der Waals surface area contributed by atoms with Crippen LogP contribution in [0.1, 0.15) is 11.3 Å². The van der Waals surface area contributed by atoms with E-state index in [1.54, 1.807) is 11.3 Å². The van der Waals surface area contributed by atoms with Gasteiger partial charge in [0.05, 0.1) is 0 Å². The monoisotopic (exact) mass is 331 g/mol. The molecule has 0 unspecified atom stereocenters. The van der Waals surface area contributed by atoms with Gasteiger partial charge in [-0.1, -0.05) is 30.3 Å². The first kappa shape index (κ1) is 14.8. The molecule has 1 N–H and O–H groups in total. The molecular formula is C20H17N3S. The van der Waals surface area contributed by atoms with Crippen molar-refractivity contribution in [2.24, 2.45) is 0 Å². The van der Waals surface area contributed by atoms with E-state index in [4.69, 9.17) is 4.98 Å². The summed E-state index contributed by atoms with van der Waals surface area (Å²) in [4.78, 5) is 10.2. The van der Waals surface area contributed by atoms with Crippen molar-refractivity contribution in [1.29, 1.82) is 0 Å². The Hall–Kier alpha value is -2.72. The van der Waals surface area contributed by atoms with Crippen molar-refractivity contribution in [3.63, 3.8) is 0 Å². The van der Waals surface area contributed by atoms with Crippen molar-refractivity contribution < 1.29 is 0 Å². The Morgan fingerprint density at radius 2 is 1.75 bits per heavy atom. The molecule has 0 saturated carbocycles. The maximum atomic E-state index is 4.85. The van der Waals surface area contributed by atoms with Crippen molar-refractivity contribution in [1.82, 2.24) is 9.97 Å². The predicted octanol–water partition coefficient (Wildman–Crippen LogP) is 5.28. The van der Waals surface area contributed by atoms with Crippen molar-refractivity contribution in [3.05, 3.63) is 77.6 Å². The van der Waals surface area contributed by atoms with Crippen LogP contribution in [0.2, 0.25) is 0 Å². The Bertz CT molecular complexity index is 963. The molecule has 3 heterocycles. The highest BCUT2D eigenvalue weighted by atomic mass is 32.1. The van der Waals surface area contributed by atoms with Crippen LogP contribution in [0, 0.1) is 6.92 Å². The van der Waals surface area contributed by atoms with Crippen molar-refractivity contribution in [2.45, 2.75) is 13.5 Å². The van der Waals surface area contributed by atoms with E-state index >= 15 is 0 Å². The van der Waals surface area contributed by atoms with Gasteiger partial charge in [-0.05, 0) is 41.5 Å². The highest BCUT2D eigenvalue weighted by Crippen LogP contribution is 2.36.